The standard InChI is InChI=1S/C29H30F2N4O2/c1-15-24(16(2)34-33-15)17(3)35-18(4)25(22-12-7-13-23(31)26(22)29(35)37)28(36)32-27(19-8-5-9-19)20-10-6-11-21(30)14-20/h6-7,10-14,17,19,27H,5,8-9H2,1-4H3,(H,32,36)(H,33,34)/t17-,27?/m0/s1. The van der Waals surface area contributed by atoms with Crippen LogP contribution in [0.4, 0.5) is 8.78 Å². The fraction of sp³-hybridized carbons (Fsp3) is 0.345. The van der Waals surface area contributed by atoms with Crippen molar-refractivity contribution in [2.24, 2.45) is 5.92 Å². The average Bonchev–Trinajstić information content (AvgIpc) is 3.15. The highest BCUT2D eigenvalue weighted by Gasteiger charge is 2.32. The molecule has 2 atom stereocenters. The van der Waals surface area contributed by atoms with Crippen molar-refractivity contribution in [2.45, 2.75) is 59.0 Å². The van der Waals surface area contributed by atoms with Crippen molar-refractivity contribution in [1.29, 1.82) is 0 Å². The summed E-state index contributed by atoms with van der Waals surface area (Å²) in [7, 11) is 0. The van der Waals surface area contributed by atoms with Gasteiger partial charge in [-0.2, -0.15) is 5.10 Å². The Balaban J connectivity index is 1.68. The summed E-state index contributed by atoms with van der Waals surface area (Å²) in [4.78, 5) is 27.6. The molecule has 2 N–H and O–H groups in total. The number of benzene rings is 2. The molecule has 0 spiro atoms. The smallest absolute Gasteiger partial charge is 0.262 e. The van der Waals surface area contributed by atoms with Crippen molar-refractivity contribution in [3.8, 4) is 0 Å². The molecule has 0 bridgehead atoms. The first kappa shape index (κ1) is 24.9. The Hall–Kier alpha value is -3.81. The molecule has 1 aliphatic carbocycles. The normalized spacial score (nSPS) is 15.4. The average molecular weight is 505 g/mol. The van der Waals surface area contributed by atoms with Crippen LogP contribution in [0.15, 0.2) is 47.3 Å². The van der Waals surface area contributed by atoms with Gasteiger partial charge in [-0.15, -0.1) is 0 Å². The minimum Gasteiger partial charge on any atom is -0.345 e. The Morgan fingerprint density at radius 1 is 1.14 bits per heavy atom. The predicted molar refractivity (Wildman–Crippen MR) is 139 cm³/mol. The number of aromatic nitrogens is 3. The van der Waals surface area contributed by atoms with E-state index in [1.165, 1.54) is 28.8 Å². The van der Waals surface area contributed by atoms with Crippen LogP contribution in [0.2, 0.25) is 0 Å². The molecule has 1 saturated carbocycles. The van der Waals surface area contributed by atoms with Gasteiger partial charge in [0.15, 0.2) is 0 Å². The van der Waals surface area contributed by atoms with Gasteiger partial charge in [0.2, 0.25) is 0 Å². The van der Waals surface area contributed by atoms with Crippen molar-refractivity contribution >= 4 is 16.7 Å². The molecule has 1 unspecified atom stereocenters. The molecular weight excluding hydrogens is 474 g/mol. The largest absolute Gasteiger partial charge is 0.345 e. The summed E-state index contributed by atoms with van der Waals surface area (Å²) in [5.74, 6) is -1.29. The fourth-order valence-corrected chi connectivity index (χ4v) is 5.76. The molecule has 2 aromatic heterocycles. The summed E-state index contributed by atoms with van der Waals surface area (Å²) in [6, 6.07) is 9.72. The molecule has 192 valence electrons. The van der Waals surface area contributed by atoms with Crippen LogP contribution in [0, 0.1) is 38.3 Å². The number of aryl methyl sites for hydroxylation is 2. The second kappa shape index (κ2) is 9.57. The van der Waals surface area contributed by atoms with Gasteiger partial charge in [0.1, 0.15) is 11.6 Å². The molecule has 0 saturated heterocycles. The quantitative estimate of drug-likeness (QED) is 0.348. The van der Waals surface area contributed by atoms with E-state index >= 15 is 4.39 Å². The number of carbonyl (C=O) groups is 1. The Labute approximate surface area is 213 Å². The van der Waals surface area contributed by atoms with Crippen LogP contribution in [0.3, 0.4) is 0 Å². The lowest BCUT2D eigenvalue weighted by Crippen LogP contribution is -2.38. The molecular formula is C29H30F2N4O2. The molecule has 1 amide bonds. The summed E-state index contributed by atoms with van der Waals surface area (Å²) in [5.41, 5.74) is 3.20. The molecule has 37 heavy (non-hydrogen) atoms. The summed E-state index contributed by atoms with van der Waals surface area (Å²) in [5, 5.41) is 10.4. The van der Waals surface area contributed by atoms with Crippen LogP contribution in [0.1, 0.15) is 76.8 Å². The maximum atomic E-state index is 15.1. The van der Waals surface area contributed by atoms with Crippen LogP contribution in [-0.2, 0) is 0 Å². The maximum Gasteiger partial charge on any atom is 0.262 e. The van der Waals surface area contributed by atoms with Gasteiger partial charge in [0.25, 0.3) is 11.5 Å². The second-order valence-electron chi connectivity index (χ2n) is 10.0. The highest BCUT2D eigenvalue weighted by Crippen LogP contribution is 2.38. The lowest BCUT2D eigenvalue weighted by atomic mass is 9.77. The van der Waals surface area contributed by atoms with E-state index in [1.54, 1.807) is 19.1 Å². The summed E-state index contributed by atoms with van der Waals surface area (Å²) in [6.07, 6.45) is 2.89. The molecule has 2 aromatic carbocycles. The van der Waals surface area contributed by atoms with Gasteiger partial charge < -0.3 is 9.88 Å². The third-order valence-corrected chi connectivity index (χ3v) is 7.77. The highest BCUT2D eigenvalue weighted by atomic mass is 19.1. The number of aromatic amines is 1. The van der Waals surface area contributed by atoms with Crippen LogP contribution >= 0.6 is 0 Å². The van der Waals surface area contributed by atoms with Gasteiger partial charge in [-0.05, 0) is 70.2 Å². The molecule has 0 aliphatic heterocycles. The molecule has 0 radical (unpaired) electrons. The van der Waals surface area contributed by atoms with Crippen LogP contribution in [0.5, 0.6) is 0 Å². The number of pyridine rings is 1. The first-order valence-electron chi connectivity index (χ1n) is 12.6. The Bertz CT molecular complexity index is 1550. The zero-order valence-corrected chi connectivity index (χ0v) is 21.4. The van der Waals surface area contributed by atoms with Gasteiger partial charge in [-0.25, -0.2) is 8.78 Å². The first-order chi connectivity index (χ1) is 17.7. The number of nitrogens with zero attached hydrogens (tertiary/aromatic N) is 2. The van der Waals surface area contributed by atoms with Gasteiger partial charge in [-0.1, -0.05) is 30.7 Å². The zero-order chi connectivity index (χ0) is 26.4. The van der Waals surface area contributed by atoms with Gasteiger partial charge >= 0.3 is 0 Å². The Morgan fingerprint density at radius 3 is 2.49 bits per heavy atom. The molecule has 2 heterocycles. The van der Waals surface area contributed by atoms with E-state index in [0.717, 1.165) is 36.2 Å². The van der Waals surface area contributed by atoms with Crippen molar-refractivity contribution in [2.75, 3.05) is 0 Å². The number of hydrogen-bond acceptors (Lipinski definition) is 3. The molecule has 8 heteroatoms. The van der Waals surface area contributed by atoms with E-state index in [4.69, 9.17) is 0 Å². The second-order valence-corrected chi connectivity index (χ2v) is 10.0. The van der Waals surface area contributed by atoms with Crippen molar-refractivity contribution < 1.29 is 13.6 Å². The van der Waals surface area contributed by atoms with E-state index in [2.05, 4.69) is 15.5 Å². The Morgan fingerprint density at radius 2 is 1.86 bits per heavy atom. The molecule has 6 nitrogen and oxygen atoms in total. The lowest BCUT2D eigenvalue weighted by molar-refractivity contribution is 0.0900. The first-order valence-corrected chi connectivity index (χ1v) is 12.6. The molecule has 1 aliphatic rings. The molecule has 5 rings (SSSR count). The van der Waals surface area contributed by atoms with Gasteiger partial charge in [0, 0.05) is 22.3 Å². The van der Waals surface area contributed by atoms with Crippen LogP contribution in [0.25, 0.3) is 10.8 Å². The number of nitrogens with one attached hydrogen (secondary N) is 2. The number of amides is 1. The lowest BCUT2D eigenvalue weighted by Gasteiger charge is -2.35. The molecule has 1 fully saturated rings. The highest BCUT2D eigenvalue weighted by molar-refractivity contribution is 6.08. The number of hydrogen-bond donors (Lipinski definition) is 2. The van der Waals surface area contributed by atoms with E-state index in [0.29, 0.717) is 11.3 Å². The zero-order valence-electron chi connectivity index (χ0n) is 21.4. The minimum atomic E-state index is -0.682. The van der Waals surface area contributed by atoms with Crippen LogP contribution in [-0.4, -0.2) is 20.7 Å². The predicted octanol–water partition coefficient (Wildman–Crippen LogP) is 5.81. The summed E-state index contributed by atoms with van der Waals surface area (Å²) < 4.78 is 30.7. The monoisotopic (exact) mass is 504 g/mol. The Kier molecular flexibility index (Phi) is 6.43. The van der Waals surface area contributed by atoms with E-state index in [1.807, 2.05) is 26.8 Å². The molecule has 4 aromatic rings. The van der Waals surface area contributed by atoms with Crippen molar-refractivity contribution in [1.82, 2.24) is 20.1 Å². The number of rotatable bonds is 6. The van der Waals surface area contributed by atoms with Crippen molar-refractivity contribution in [3.05, 3.63) is 98.2 Å². The third kappa shape index (κ3) is 4.24. The van der Waals surface area contributed by atoms with E-state index in [-0.39, 0.29) is 28.1 Å². The van der Waals surface area contributed by atoms with Crippen molar-refractivity contribution in [3.63, 3.8) is 0 Å². The van der Waals surface area contributed by atoms with Gasteiger partial charge in [-0.3, -0.25) is 14.7 Å². The van der Waals surface area contributed by atoms with Gasteiger partial charge in [0.05, 0.1) is 28.7 Å². The number of carbonyl (C=O) groups excluding carboxylic acids is 1. The maximum absolute atomic E-state index is 15.1. The summed E-state index contributed by atoms with van der Waals surface area (Å²) >= 11 is 0. The fourth-order valence-electron chi connectivity index (χ4n) is 5.76. The third-order valence-electron chi connectivity index (χ3n) is 7.77. The summed E-state index contributed by atoms with van der Waals surface area (Å²) in [6.45, 7) is 7.26. The van der Waals surface area contributed by atoms with E-state index < -0.39 is 29.4 Å². The SMILES string of the molecule is Cc1n[nH]c(C)c1[C@H](C)n1c(C)c(C(=O)NC(c2cccc(F)c2)C2CCC2)c2cccc(F)c2c1=O. The van der Waals surface area contributed by atoms with Crippen LogP contribution < -0.4 is 10.9 Å². The number of fused-ring (bicyclic) bond motifs is 1. The number of halogens is 2. The topological polar surface area (TPSA) is 79.8 Å². The van der Waals surface area contributed by atoms with E-state index in [9.17, 15) is 14.0 Å². The minimum absolute atomic E-state index is 0.130. The number of H-pyrrole nitrogens is 1.